The Hall–Kier alpha value is -2.29. The number of nitrogens with zero attached hydrogens (tertiary/aromatic N) is 3. The van der Waals surface area contributed by atoms with Gasteiger partial charge in [-0.15, -0.1) is 6.58 Å². The molecule has 0 aliphatic heterocycles. The lowest BCUT2D eigenvalue weighted by Gasteiger charge is -2.03. The maximum Gasteiger partial charge on any atom is 0.229 e. The number of rotatable bonds is 6. The number of hydrogen-bond donors (Lipinski definition) is 2. The van der Waals surface area contributed by atoms with E-state index in [4.69, 9.17) is 23.8 Å². The van der Waals surface area contributed by atoms with Gasteiger partial charge in [0, 0.05) is 17.5 Å². The van der Waals surface area contributed by atoms with Gasteiger partial charge < -0.3 is 5.32 Å². The van der Waals surface area contributed by atoms with Gasteiger partial charge in [0.15, 0.2) is 15.7 Å². The lowest BCUT2D eigenvalue weighted by Crippen LogP contribution is -2.14. The maximum atomic E-state index is 12.7. The molecule has 2 atom stereocenters. The molecule has 2 unspecified atom stereocenters. The molecule has 2 heterocycles. The first-order chi connectivity index (χ1) is 13.5. The van der Waals surface area contributed by atoms with Crippen molar-refractivity contribution in [2.45, 2.75) is 25.8 Å². The van der Waals surface area contributed by atoms with E-state index in [1.54, 1.807) is 6.08 Å². The van der Waals surface area contributed by atoms with Crippen molar-refractivity contribution in [3.05, 3.63) is 58.0 Å². The zero-order valence-corrected chi connectivity index (χ0v) is 17.5. The van der Waals surface area contributed by atoms with Crippen molar-refractivity contribution < 1.29 is 4.79 Å². The van der Waals surface area contributed by atoms with Crippen molar-refractivity contribution in [1.29, 1.82) is 0 Å². The highest BCUT2D eigenvalue weighted by molar-refractivity contribution is 7.71. The van der Waals surface area contributed by atoms with E-state index < -0.39 is 0 Å². The standard InChI is InChI=1S/C19H18ClN5OS2/c1-3-8-25-16(23-24-19(25)27)15-10(2)21-18(28-15)22-17(26)13-9-12(13)11-6-4-5-7-14(11)20/h3-7,12-13H,1,8-9H2,2H3,(H,24,27)(H,21,22,26). The second-order valence-electron chi connectivity index (χ2n) is 6.64. The predicted octanol–water partition coefficient (Wildman–Crippen LogP) is 4.95. The molecular formula is C19H18ClN5OS2. The highest BCUT2D eigenvalue weighted by atomic mass is 35.5. The first-order valence-corrected chi connectivity index (χ1v) is 10.4. The van der Waals surface area contributed by atoms with Crippen molar-refractivity contribution >= 4 is 46.2 Å². The van der Waals surface area contributed by atoms with Crippen LogP contribution in [0.5, 0.6) is 0 Å². The molecule has 2 N–H and O–H groups in total. The molecule has 4 rings (SSSR count). The maximum absolute atomic E-state index is 12.7. The minimum absolute atomic E-state index is 0.0322. The summed E-state index contributed by atoms with van der Waals surface area (Å²) in [7, 11) is 0. The average Bonchev–Trinajstić information content (AvgIpc) is 3.28. The quantitative estimate of drug-likeness (QED) is 0.427. The molecule has 0 radical (unpaired) electrons. The van der Waals surface area contributed by atoms with Gasteiger partial charge in [0.05, 0.1) is 10.6 Å². The molecule has 3 aromatic rings. The molecule has 1 aliphatic rings. The van der Waals surface area contributed by atoms with Crippen LogP contribution in [0.4, 0.5) is 5.13 Å². The van der Waals surface area contributed by atoms with Gasteiger partial charge >= 0.3 is 0 Å². The van der Waals surface area contributed by atoms with Crippen LogP contribution in [0.3, 0.4) is 0 Å². The zero-order chi connectivity index (χ0) is 19.8. The van der Waals surface area contributed by atoms with Crippen molar-refractivity contribution in [3.8, 4) is 10.7 Å². The molecule has 1 saturated carbocycles. The summed E-state index contributed by atoms with van der Waals surface area (Å²) < 4.78 is 2.37. The van der Waals surface area contributed by atoms with Gasteiger partial charge in [-0.1, -0.05) is 47.2 Å². The zero-order valence-electron chi connectivity index (χ0n) is 15.1. The number of anilines is 1. The number of nitrogens with one attached hydrogen (secondary N) is 2. The topological polar surface area (TPSA) is 75.6 Å². The Kier molecular flexibility index (Phi) is 5.18. The van der Waals surface area contributed by atoms with E-state index in [1.807, 2.05) is 35.8 Å². The van der Waals surface area contributed by atoms with E-state index in [-0.39, 0.29) is 17.7 Å². The van der Waals surface area contributed by atoms with Gasteiger partial charge in [-0.25, -0.2) is 4.98 Å². The highest BCUT2D eigenvalue weighted by Crippen LogP contribution is 2.50. The van der Waals surface area contributed by atoms with Crippen molar-refractivity contribution in [1.82, 2.24) is 19.7 Å². The molecule has 144 valence electrons. The van der Waals surface area contributed by atoms with Crippen LogP contribution in [-0.4, -0.2) is 25.7 Å². The third-order valence-corrected chi connectivity index (χ3v) is 6.46. The summed E-state index contributed by atoms with van der Waals surface area (Å²) >= 11 is 12.9. The van der Waals surface area contributed by atoms with Crippen molar-refractivity contribution in [2.24, 2.45) is 5.92 Å². The molecule has 0 bridgehead atoms. The fraction of sp³-hybridized carbons (Fsp3) is 0.263. The summed E-state index contributed by atoms with van der Waals surface area (Å²) in [5.41, 5.74) is 1.82. The number of H-pyrrole nitrogens is 1. The van der Waals surface area contributed by atoms with E-state index >= 15 is 0 Å². The van der Waals surface area contributed by atoms with Gasteiger partial charge in [0.2, 0.25) is 5.91 Å². The Bertz CT molecular complexity index is 1120. The Balaban J connectivity index is 1.51. The second-order valence-corrected chi connectivity index (χ2v) is 8.44. The number of allylic oxidation sites excluding steroid dienone is 1. The minimum Gasteiger partial charge on any atom is -0.302 e. The first-order valence-electron chi connectivity index (χ1n) is 8.78. The summed E-state index contributed by atoms with van der Waals surface area (Å²) in [6.07, 6.45) is 2.56. The molecule has 1 amide bonds. The van der Waals surface area contributed by atoms with E-state index in [9.17, 15) is 4.79 Å². The molecule has 0 spiro atoms. The summed E-state index contributed by atoms with van der Waals surface area (Å²) in [4.78, 5) is 18.0. The molecular weight excluding hydrogens is 414 g/mol. The lowest BCUT2D eigenvalue weighted by molar-refractivity contribution is -0.117. The number of thiazole rings is 1. The van der Waals surface area contributed by atoms with Crippen LogP contribution in [0.25, 0.3) is 10.7 Å². The van der Waals surface area contributed by atoms with Gasteiger partial charge in [-0.3, -0.25) is 14.5 Å². The Morgan fingerprint density at radius 1 is 1.54 bits per heavy atom. The Morgan fingerprint density at radius 3 is 3.07 bits per heavy atom. The number of hydrogen-bond acceptors (Lipinski definition) is 5. The largest absolute Gasteiger partial charge is 0.302 e. The summed E-state index contributed by atoms with van der Waals surface area (Å²) in [5.74, 6) is 0.747. The Labute approximate surface area is 176 Å². The van der Waals surface area contributed by atoms with Crippen LogP contribution >= 0.6 is 35.2 Å². The molecule has 2 aromatic heterocycles. The first kappa shape index (κ1) is 19.0. The smallest absolute Gasteiger partial charge is 0.229 e. The van der Waals surface area contributed by atoms with E-state index in [0.29, 0.717) is 27.3 Å². The Morgan fingerprint density at radius 2 is 2.32 bits per heavy atom. The van der Waals surface area contributed by atoms with Crippen LogP contribution in [-0.2, 0) is 11.3 Å². The third kappa shape index (κ3) is 3.55. The van der Waals surface area contributed by atoms with Gasteiger partial charge in [0.1, 0.15) is 0 Å². The SMILES string of the molecule is C=CCn1c(-c2sc(NC(=O)C3CC3c3ccccc3Cl)nc2C)n[nH]c1=S. The van der Waals surface area contributed by atoms with E-state index in [2.05, 4.69) is 27.1 Å². The normalized spacial score (nSPS) is 18.1. The molecule has 0 saturated heterocycles. The van der Waals surface area contributed by atoms with E-state index in [1.165, 1.54) is 11.3 Å². The van der Waals surface area contributed by atoms with Gasteiger partial charge in [0.25, 0.3) is 0 Å². The number of benzene rings is 1. The molecule has 1 aromatic carbocycles. The number of halogens is 1. The van der Waals surface area contributed by atoms with Crippen LogP contribution in [0, 0.1) is 17.6 Å². The molecule has 1 aliphatic carbocycles. The predicted molar refractivity (Wildman–Crippen MR) is 114 cm³/mol. The number of amides is 1. The lowest BCUT2D eigenvalue weighted by atomic mass is 10.1. The van der Waals surface area contributed by atoms with Gasteiger partial charge in [-0.05, 0) is 43.1 Å². The second kappa shape index (κ2) is 7.62. The highest BCUT2D eigenvalue weighted by Gasteiger charge is 2.45. The van der Waals surface area contributed by atoms with Crippen LogP contribution in [0.2, 0.25) is 5.02 Å². The third-order valence-electron chi connectivity index (χ3n) is 4.73. The fourth-order valence-electron chi connectivity index (χ4n) is 3.25. The summed E-state index contributed by atoms with van der Waals surface area (Å²) in [6.45, 7) is 6.19. The summed E-state index contributed by atoms with van der Waals surface area (Å²) in [5, 5.41) is 11.3. The monoisotopic (exact) mass is 431 g/mol. The van der Waals surface area contributed by atoms with Crippen LogP contribution < -0.4 is 5.32 Å². The summed E-state index contributed by atoms with van der Waals surface area (Å²) in [6, 6.07) is 7.68. The van der Waals surface area contributed by atoms with Crippen molar-refractivity contribution in [3.63, 3.8) is 0 Å². The van der Waals surface area contributed by atoms with Gasteiger partial charge in [-0.2, -0.15) is 5.10 Å². The minimum atomic E-state index is -0.0807. The fourth-order valence-corrected chi connectivity index (χ4v) is 4.70. The number of carbonyl (C=O) groups excluding carboxylic acids is 1. The van der Waals surface area contributed by atoms with Crippen LogP contribution in [0.15, 0.2) is 36.9 Å². The number of aromatic nitrogens is 4. The number of aryl methyl sites for hydroxylation is 1. The average molecular weight is 432 g/mol. The molecule has 6 nitrogen and oxygen atoms in total. The number of aromatic amines is 1. The molecule has 1 fully saturated rings. The van der Waals surface area contributed by atoms with Crippen LogP contribution in [0.1, 0.15) is 23.6 Å². The van der Waals surface area contributed by atoms with Crippen molar-refractivity contribution in [2.75, 3.05) is 5.32 Å². The van der Waals surface area contributed by atoms with E-state index in [0.717, 1.165) is 22.6 Å². The molecule has 28 heavy (non-hydrogen) atoms. The molecule has 9 heteroatoms. The number of carbonyl (C=O) groups is 1.